The summed E-state index contributed by atoms with van der Waals surface area (Å²) in [6, 6.07) is 4.57. The molecule has 2 aliphatic heterocycles. The molecule has 2 amide bonds. The van der Waals surface area contributed by atoms with Crippen molar-refractivity contribution >= 4 is 23.4 Å². The second-order valence-corrected chi connectivity index (χ2v) is 7.93. The van der Waals surface area contributed by atoms with Gasteiger partial charge < -0.3 is 9.80 Å². The monoisotopic (exact) mass is 410 g/mol. The Morgan fingerprint density at radius 2 is 1.64 bits per heavy atom. The van der Waals surface area contributed by atoms with Gasteiger partial charge in [-0.05, 0) is 19.1 Å². The summed E-state index contributed by atoms with van der Waals surface area (Å²) < 4.78 is 14.0. The van der Waals surface area contributed by atoms with Gasteiger partial charge in [0.1, 0.15) is 5.82 Å². The van der Waals surface area contributed by atoms with Crippen molar-refractivity contribution in [2.75, 3.05) is 52.4 Å². The Balaban J connectivity index is 1.49. The molecule has 6 nitrogen and oxygen atoms in total. The average Bonchev–Trinajstić information content (AvgIpc) is 2.70. The number of hydrogen-bond donors (Lipinski definition) is 0. The first-order valence-corrected chi connectivity index (χ1v) is 10.2. The van der Waals surface area contributed by atoms with Crippen LogP contribution in [0.5, 0.6) is 0 Å². The maximum absolute atomic E-state index is 14.0. The van der Waals surface area contributed by atoms with Gasteiger partial charge >= 0.3 is 0 Å². The van der Waals surface area contributed by atoms with Gasteiger partial charge in [-0.15, -0.1) is 0 Å². The van der Waals surface area contributed by atoms with Crippen LogP contribution in [0.15, 0.2) is 18.2 Å². The zero-order valence-electron chi connectivity index (χ0n) is 16.5. The molecule has 2 fully saturated rings. The van der Waals surface area contributed by atoms with Crippen LogP contribution in [-0.4, -0.2) is 89.8 Å². The van der Waals surface area contributed by atoms with E-state index in [0.717, 1.165) is 26.2 Å². The van der Waals surface area contributed by atoms with E-state index in [-0.39, 0.29) is 23.7 Å². The minimum atomic E-state index is -0.275. The van der Waals surface area contributed by atoms with E-state index < -0.39 is 0 Å². The number of piperazine rings is 2. The van der Waals surface area contributed by atoms with Gasteiger partial charge in [0.05, 0.1) is 6.04 Å². The quantitative estimate of drug-likeness (QED) is 0.757. The number of hydrogen-bond acceptors (Lipinski definition) is 4. The van der Waals surface area contributed by atoms with Crippen LogP contribution in [0, 0.1) is 5.82 Å². The van der Waals surface area contributed by atoms with Crippen molar-refractivity contribution in [3.05, 3.63) is 34.6 Å². The van der Waals surface area contributed by atoms with E-state index >= 15 is 0 Å². The molecule has 1 unspecified atom stereocenters. The minimum absolute atomic E-state index is 0.0613. The first-order chi connectivity index (χ1) is 13.4. The highest BCUT2D eigenvalue weighted by Gasteiger charge is 2.31. The number of carbonyl (C=O) groups excluding carboxylic acids is 2. The van der Waals surface area contributed by atoms with Crippen LogP contribution in [0.3, 0.4) is 0 Å². The molecular weight excluding hydrogens is 383 g/mol. The maximum atomic E-state index is 14.0. The van der Waals surface area contributed by atoms with Crippen molar-refractivity contribution in [3.8, 4) is 0 Å². The number of carbonyl (C=O) groups is 2. The predicted octanol–water partition coefficient (Wildman–Crippen LogP) is 1.68. The fraction of sp³-hybridized carbons (Fsp3) is 0.600. The van der Waals surface area contributed by atoms with E-state index in [9.17, 15) is 14.0 Å². The third-order valence-electron chi connectivity index (χ3n) is 5.79. The Kier molecular flexibility index (Phi) is 6.91. The van der Waals surface area contributed by atoms with Crippen LogP contribution in [0.4, 0.5) is 4.39 Å². The lowest BCUT2D eigenvalue weighted by Gasteiger charge is -2.41. The highest BCUT2D eigenvalue weighted by molar-refractivity contribution is 6.31. The summed E-state index contributed by atoms with van der Waals surface area (Å²) in [5, 5.41) is 0.454. The standard InChI is InChI=1S/C20H28ClFN4O2/c1-15(20(28)26-12-10-25(11-13-26)16(2)27)24-8-6-23(7-9-24)14-17-18(21)4-3-5-19(17)22/h3-5,15H,6-14H2,1-2H3. The fourth-order valence-corrected chi connectivity index (χ4v) is 4.10. The molecule has 1 atom stereocenters. The average molecular weight is 411 g/mol. The summed E-state index contributed by atoms with van der Waals surface area (Å²) >= 11 is 6.13. The third-order valence-corrected chi connectivity index (χ3v) is 6.15. The van der Waals surface area contributed by atoms with E-state index in [4.69, 9.17) is 11.6 Å². The van der Waals surface area contributed by atoms with Crippen molar-refractivity contribution < 1.29 is 14.0 Å². The van der Waals surface area contributed by atoms with Crippen molar-refractivity contribution in [2.45, 2.75) is 26.4 Å². The van der Waals surface area contributed by atoms with Crippen LogP contribution in [0.2, 0.25) is 5.02 Å². The molecule has 0 aromatic heterocycles. The van der Waals surface area contributed by atoms with Crippen molar-refractivity contribution in [1.82, 2.24) is 19.6 Å². The van der Waals surface area contributed by atoms with Gasteiger partial charge in [-0.1, -0.05) is 17.7 Å². The Bertz CT molecular complexity index is 696. The minimum Gasteiger partial charge on any atom is -0.339 e. The lowest BCUT2D eigenvalue weighted by molar-refractivity contribution is -0.142. The zero-order valence-corrected chi connectivity index (χ0v) is 17.3. The SMILES string of the molecule is CC(=O)N1CCN(C(=O)C(C)N2CCN(Cc3c(F)cccc3Cl)CC2)CC1. The molecule has 28 heavy (non-hydrogen) atoms. The van der Waals surface area contributed by atoms with Gasteiger partial charge in [-0.3, -0.25) is 19.4 Å². The zero-order chi connectivity index (χ0) is 20.3. The van der Waals surface area contributed by atoms with Crippen molar-refractivity contribution in [2.24, 2.45) is 0 Å². The number of benzene rings is 1. The lowest BCUT2D eigenvalue weighted by atomic mass is 10.1. The highest BCUT2D eigenvalue weighted by Crippen LogP contribution is 2.22. The topological polar surface area (TPSA) is 47.1 Å². The molecule has 0 bridgehead atoms. The first-order valence-electron chi connectivity index (χ1n) is 9.80. The van der Waals surface area contributed by atoms with Crippen molar-refractivity contribution in [3.63, 3.8) is 0 Å². The fourth-order valence-electron chi connectivity index (χ4n) is 3.88. The van der Waals surface area contributed by atoms with Gasteiger partial charge in [0, 0.05) is 76.4 Å². The number of nitrogens with zero attached hydrogens (tertiary/aromatic N) is 4. The third kappa shape index (κ3) is 4.82. The summed E-state index contributed by atoms with van der Waals surface area (Å²) in [6.45, 7) is 9.42. The Morgan fingerprint density at radius 1 is 1.04 bits per heavy atom. The molecule has 2 heterocycles. The van der Waals surface area contributed by atoms with E-state index in [1.807, 2.05) is 11.8 Å². The normalized spacial score (nSPS) is 20.3. The van der Waals surface area contributed by atoms with E-state index in [1.165, 1.54) is 6.07 Å². The maximum Gasteiger partial charge on any atom is 0.239 e. The van der Waals surface area contributed by atoms with Crippen LogP contribution in [0.1, 0.15) is 19.4 Å². The molecule has 0 N–H and O–H groups in total. The largest absolute Gasteiger partial charge is 0.339 e. The molecule has 0 radical (unpaired) electrons. The van der Waals surface area contributed by atoms with Crippen LogP contribution in [0.25, 0.3) is 0 Å². The molecule has 1 aromatic rings. The van der Waals surface area contributed by atoms with Gasteiger partial charge in [0.2, 0.25) is 11.8 Å². The molecule has 8 heteroatoms. The summed E-state index contributed by atoms with van der Waals surface area (Å²) in [5.41, 5.74) is 0.532. The lowest BCUT2D eigenvalue weighted by Crippen LogP contribution is -2.57. The molecule has 2 aliphatic rings. The Hall–Kier alpha value is -1.70. The van der Waals surface area contributed by atoms with E-state index in [2.05, 4.69) is 9.80 Å². The van der Waals surface area contributed by atoms with Gasteiger partial charge in [0.25, 0.3) is 0 Å². The number of rotatable bonds is 4. The molecule has 154 valence electrons. The van der Waals surface area contributed by atoms with Crippen LogP contribution < -0.4 is 0 Å². The highest BCUT2D eigenvalue weighted by atomic mass is 35.5. The van der Waals surface area contributed by atoms with Gasteiger partial charge in [-0.2, -0.15) is 0 Å². The molecular formula is C20H28ClFN4O2. The first kappa shape index (κ1) is 21.0. The summed E-state index contributed by atoms with van der Waals surface area (Å²) in [5.74, 6) is -0.0943. The summed E-state index contributed by atoms with van der Waals surface area (Å²) in [7, 11) is 0. The van der Waals surface area contributed by atoms with Crippen LogP contribution in [-0.2, 0) is 16.1 Å². The second-order valence-electron chi connectivity index (χ2n) is 7.52. The van der Waals surface area contributed by atoms with Crippen LogP contribution >= 0.6 is 11.6 Å². The van der Waals surface area contributed by atoms with Crippen molar-refractivity contribution in [1.29, 1.82) is 0 Å². The molecule has 3 rings (SSSR count). The van der Waals surface area contributed by atoms with E-state index in [1.54, 1.807) is 24.0 Å². The molecule has 2 saturated heterocycles. The summed E-state index contributed by atoms with van der Waals surface area (Å²) in [4.78, 5) is 32.3. The molecule has 0 saturated carbocycles. The Labute approximate surface area is 170 Å². The Morgan fingerprint density at radius 3 is 2.21 bits per heavy atom. The van der Waals surface area contributed by atoms with Gasteiger partial charge in [0.15, 0.2) is 0 Å². The van der Waals surface area contributed by atoms with E-state index in [0.29, 0.717) is 43.3 Å². The smallest absolute Gasteiger partial charge is 0.239 e. The molecule has 0 aliphatic carbocycles. The number of amides is 2. The summed E-state index contributed by atoms with van der Waals surface area (Å²) in [6.07, 6.45) is 0. The second kappa shape index (κ2) is 9.20. The number of halogens is 2. The predicted molar refractivity (Wildman–Crippen MR) is 107 cm³/mol. The molecule has 1 aromatic carbocycles. The molecule has 0 spiro atoms. The van der Waals surface area contributed by atoms with Gasteiger partial charge in [-0.25, -0.2) is 4.39 Å².